The van der Waals surface area contributed by atoms with Gasteiger partial charge in [-0.25, -0.2) is 0 Å². The molecule has 0 aliphatic carbocycles. The number of piperidine rings is 1. The van der Waals surface area contributed by atoms with Crippen LogP contribution in [0.5, 0.6) is 11.5 Å². The maximum atomic E-state index is 12.8. The molecule has 1 aliphatic rings. The summed E-state index contributed by atoms with van der Waals surface area (Å²) in [6.07, 6.45) is 3.37. The lowest BCUT2D eigenvalue weighted by Gasteiger charge is -2.31. The van der Waals surface area contributed by atoms with E-state index in [2.05, 4.69) is 10.0 Å². The summed E-state index contributed by atoms with van der Waals surface area (Å²) in [4.78, 5) is 2.05. The Morgan fingerprint density at radius 3 is 2.50 bits per heavy atom. The molecule has 0 amide bonds. The van der Waals surface area contributed by atoms with Crippen LogP contribution in [-0.2, 0) is 10.1 Å². The number of anilines is 1. The Balaban J connectivity index is 0.00000320. The zero-order valence-electron chi connectivity index (χ0n) is 16.9. The molecule has 0 aromatic heterocycles. The van der Waals surface area contributed by atoms with Crippen molar-refractivity contribution in [1.82, 2.24) is 4.90 Å². The topological polar surface area (TPSA) is 120 Å². The lowest BCUT2D eigenvalue weighted by molar-refractivity contribution is 0.311. The Labute approximate surface area is 183 Å². The Morgan fingerprint density at radius 1 is 1.20 bits per heavy atom. The van der Waals surface area contributed by atoms with Gasteiger partial charge in [-0.05, 0) is 55.5 Å². The van der Waals surface area contributed by atoms with E-state index in [0.717, 1.165) is 37.1 Å². The first kappa shape index (κ1) is 23.6. The molecule has 2 aromatic rings. The molecule has 0 unspecified atom stereocenters. The molecule has 0 radical (unpaired) electrons. The van der Waals surface area contributed by atoms with E-state index in [1.165, 1.54) is 19.2 Å². The maximum Gasteiger partial charge on any atom is 0.339 e. The van der Waals surface area contributed by atoms with Gasteiger partial charge in [-0.15, -0.1) is 12.4 Å². The van der Waals surface area contributed by atoms with Crippen molar-refractivity contribution < 1.29 is 17.3 Å². The molecule has 10 heteroatoms. The van der Waals surface area contributed by atoms with Gasteiger partial charge in [0, 0.05) is 24.3 Å². The fourth-order valence-electron chi connectivity index (χ4n) is 3.61. The number of likely N-dealkylation sites (tertiary alicyclic amines) is 1. The van der Waals surface area contributed by atoms with E-state index >= 15 is 0 Å². The smallest absolute Gasteiger partial charge is 0.339 e. The Morgan fingerprint density at radius 2 is 1.90 bits per heavy atom. The van der Waals surface area contributed by atoms with E-state index in [-0.39, 0.29) is 29.0 Å². The summed E-state index contributed by atoms with van der Waals surface area (Å²) >= 11 is 0. The lowest BCUT2D eigenvalue weighted by atomic mass is 9.88. The summed E-state index contributed by atoms with van der Waals surface area (Å²) in [6.45, 7) is 3.51. The van der Waals surface area contributed by atoms with Gasteiger partial charge in [0.15, 0.2) is 11.5 Å². The first-order valence-electron chi connectivity index (χ1n) is 9.30. The SMILES string of the molecule is COc1c(OS(=O)(=O)c2cccc(N)c2)cc(C)cc1C1CCN(C=NN)CC1.Cl. The largest absolute Gasteiger partial charge is 0.492 e. The van der Waals surface area contributed by atoms with Gasteiger partial charge in [-0.2, -0.15) is 13.5 Å². The molecule has 0 bridgehead atoms. The molecule has 0 spiro atoms. The molecule has 8 nitrogen and oxygen atoms in total. The summed E-state index contributed by atoms with van der Waals surface area (Å²) < 4.78 is 36.6. The zero-order valence-corrected chi connectivity index (χ0v) is 18.6. The Hall–Kier alpha value is -2.65. The first-order chi connectivity index (χ1) is 13.8. The average Bonchev–Trinajstić information content (AvgIpc) is 2.68. The summed E-state index contributed by atoms with van der Waals surface area (Å²) in [7, 11) is -2.53. The number of benzene rings is 2. The third-order valence-corrected chi connectivity index (χ3v) is 6.21. The van der Waals surface area contributed by atoms with Crippen LogP contribution >= 0.6 is 12.4 Å². The van der Waals surface area contributed by atoms with Crippen LogP contribution in [0.15, 0.2) is 46.4 Å². The molecule has 3 rings (SSSR count). The average molecular weight is 455 g/mol. The fraction of sp³-hybridized carbons (Fsp3) is 0.350. The molecule has 1 heterocycles. The van der Waals surface area contributed by atoms with Gasteiger partial charge < -0.3 is 25.4 Å². The number of hydrogen-bond acceptors (Lipinski definition) is 7. The lowest BCUT2D eigenvalue weighted by Crippen LogP contribution is -2.32. The van der Waals surface area contributed by atoms with Crippen molar-refractivity contribution >= 4 is 34.6 Å². The van der Waals surface area contributed by atoms with Gasteiger partial charge in [0.25, 0.3) is 0 Å². The van der Waals surface area contributed by atoms with Gasteiger partial charge >= 0.3 is 10.1 Å². The van der Waals surface area contributed by atoms with Gasteiger partial charge in [-0.3, -0.25) is 0 Å². The van der Waals surface area contributed by atoms with Crippen LogP contribution in [-0.4, -0.2) is 39.9 Å². The minimum absolute atomic E-state index is 0. The molecule has 2 aromatic carbocycles. The van der Waals surface area contributed by atoms with Crippen molar-refractivity contribution in [3.05, 3.63) is 47.5 Å². The van der Waals surface area contributed by atoms with Crippen LogP contribution in [0, 0.1) is 6.92 Å². The predicted octanol–water partition coefficient (Wildman–Crippen LogP) is 2.86. The third-order valence-electron chi connectivity index (χ3n) is 4.98. The highest BCUT2D eigenvalue weighted by atomic mass is 35.5. The van der Waals surface area contributed by atoms with Crippen molar-refractivity contribution in [3.63, 3.8) is 0 Å². The molecule has 1 aliphatic heterocycles. The summed E-state index contributed by atoms with van der Waals surface area (Å²) in [5.74, 6) is 6.06. The monoisotopic (exact) mass is 454 g/mol. The van der Waals surface area contributed by atoms with Crippen LogP contribution in [0.25, 0.3) is 0 Å². The molecular weight excluding hydrogens is 428 g/mol. The van der Waals surface area contributed by atoms with Crippen LogP contribution < -0.4 is 20.5 Å². The number of nitrogens with two attached hydrogens (primary N) is 2. The minimum Gasteiger partial charge on any atom is -0.492 e. The number of ether oxygens (including phenoxy) is 1. The second-order valence-electron chi connectivity index (χ2n) is 7.07. The van der Waals surface area contributed by atoms with E-state index in [0.29, 0.717) is 11.4 Å². The number of halogens is 1. The van der Waals surface area contributed by atoms with Crippen molar-refractivity contribution in [2.24, 2.45) is 10.9 Å². The minimum atomic E-state index is -4.05. The third kappa shape index (κ3) is 5.28. The number of aryl methyl sites for hydroxylation is 1. The fourth-order valence-corrected chi connectivity index (χ4v) is 4.59. The standard InChI is InChI=1S/C20H26N4O4S.ClH/c1-14-10-18(15-6-8-24(9-7-15)13-23-22)20(27-2)19(11-14)28-29(25,26)17-5-3-4-16(21)12-17;/h3-5,10-13,15H,6-9,21-22H2,1-2H3;1H. The molecule has 0 saturated carbocycles. The maximum absolute atomic E-state index is 12.8. The molecule has 0 atom stereocenters. The normalized spacial score (nSPS) is 15.1. The van der Waals surface area contributed by atoms with E-state index in [1.54, 1.807) is 24.5 Å². The van der Waals surface area contributed by atoms with Crippen molar-refractivity contribution in [2.45, 2.75) is 30.6 Å². The van der Waals surface area contributed by atoms with Crippen LogP contribution in [0.1, 0.15) is 29.9 Å². The van der Waals surface area contributed by atoms with Gasteiger partial charge in [0.1, 0.15) is 11.2 Å². The highest BCUT2D eigenvalue weighted by Crippen LogP contribution is 2.41. The zero-order chi connectivity index (χ0) is 21.0. The number of rotatable bonds is 6. The number of nitrogen functional groups attached to an aromatic ring is 1. The second-order valence-corrected chi connectivity index (χ2v) is 8.62. The number of methoxy groups -OCH3 is 1. The first-order valence-corrected chi connectivity index (χ1v) is 10.7. The van der Waals surface area contributed by atoms with Crippen LogP contribution in [0.2, 0.25) is 0 Å². The molecule has 30 heavy (non-hydrogen) atoms. The second kappa shape index (κ2) is 9.90. The van der Waals surface area contributed by atoms with Crippen LogP contribution in [0.4, 0.5) is 5.69 Å². The Kier molecular flexibility index (Phi) is 7.80. The van der Waals surface area contributed by atoms with E-state index in [1.807, 2.05) is 13.0 Å². The molecule has 4 N–H and O–H groups in total. The van der Waals surface area contributed by atoms with E-state index in [4.69, 9.17) is 20.5 Å². The van der Waals surface area contributed by atoms with E-state index < -0.39 is 10.1 Å². The molecule has 1 saturated heterocycles. The van der Waals surface area contributed by atoms with Crippen molar-refractivity contribution in [1.29, 1.82) is 0 Å². The van der Waals surface area contributed by atoms with Crippen molar-refractivity contribution in [3.8, 4) is 11.5 Å². The number of hydrogen-bond donors (Lipinski definition) is 2. The number of hydrazone groups is 1. The van der Waals surface area contributed by atoms with Gasteiger partial charge in [-0.1, -0.05) is 12.1 Å². The predicted molar refractivity (Wildman–Crippen MR) is 120 cm³/mol. The highest BCUT2D eigenvalue weighted by molar-refractivity contribution is 7.87. The molecule has 1 fully saturated rings. The van der Waals surface area contributed by atoms with E-state index in [9.17, 15) is 8.42 Å². The summed E-state index contributed by atoms with van der Waals surface area (Å²) in [5.41, 5.74) is 7.90. The number of nitrogens with zero attached hydrogens (tertiary/aromatic N) is 2. The summed E-state index contributed by atoms with van der Waals surface area (Å²) in [5, 5.41) is 3.57. The van der Waals surface area contributed by atoms with Crippen molar-refractivity contribution in [2.75, 3.05) is 25.9 Å². The Bertz CT molecular complexity index is 1010. The van der Waals surface area contributed by atoms with Gasteiger partial charge in [0.2, 0.25) is 0 Å². The van der Waals surface area contributed by atoms with Gasteiger partial charge in [0.05, 0.1) is 7.11 Å². The molecule has 164 valence electrons. The quantitative estimate of drug-likeness (QED) is 0.172. The highest BCUT2D eigenvalue weighted by Gasteiger charge is 2.27. The summed E-state index contributed by atoms with van der Waals surface area (Å²) in [6, 6.07) is 9.70. The molecular formula is C20H27ClN4O4S. The van der Waals surface area contributed by atoms with Crippen LogP contribution in [0.3, 0.4) is 0 Å².